The van der Waals surface area contributed by atoms with Crippen LogP contribution in [0.2, 0.25) is 0 Å². The first-order valence-corrected chi connectivity index (χ1v) is 14.1. The van der Waals surface area contributed by atoms with Gasteiger partial charge in [0.05, 0.1) is 0 Å². The first-order chi connectivity index (χ1) is 15.6. The topological polar surface area (TPSA) is 0 Å². The molecule has 0 aliphatic heterocycles. The van der Waals surface area contributed by atoms with E-state index in [2.05, 4.69) is 6.92 Å². The molecule has 0 radical (unpaired) electrons. The quantitative estimate of drug-likeness (QED) is 0.427. The second-order valence-corrected chi connectivity index (χ2v) is 12.1. The third kappa shape index (κ3) is 4.80. The molecule has 178 valence electrons. The fourth-order valence-electron chi connectivity index (χ4n) is 8.50. The van der Waals surface area contributed by atoms with Gasteiger partial charge in [0.2, 0.25) is 0 Å². The summed E-state index contributed by atoms with van der Waals surface area (Å²) in [6.45, 7) is 2.33. The number of rotatable bonds is 5. The van der Waals surface area contributed by atoms with Gasteiger partial charge in [0.25, 0.3) is 0 Å². The minimum absolute atomic E-state index is 0.584. The molecule has 2 heteroatoms. The summed E-state index contributed by atoms with van der Waals surface area (Å²) in [6, 6.07) is 3.18. The van der Waals surface area contributed by atoms with Crippen LogP contribution in [0.15, 0.2) is 12.1 Å². The fourth-order valence-corrected chi connectivity index (χ4v) is 8.50. The Balaban J connectivity index is 1.10. The van der Waals surface area contributed by atoms with Gasteiger partial charge < -0.3 is 0 Å². The summed E-state index contributed by atoms with van der Waals surface area (Å²) < 4.78 is 27.7. The summed E-state index contributed by atoms with van der Waals surface area (Å²) in [5.41, 5.74) is 1.74. The van der Waals surface area contributed by atoms with E-state index in [1.807, 2.05) is 6.07 Å². The largest absolute Gasteiger partial charge is 0.204 e. The van der Waals surface area contributed by atoms with Gasteiger partial charge in [0.1, 0.15) is 0 Å². The van der Waals surface area contributed by atoms with Gasteiger partial charge in [0, 0.05) is 0 Å². The van der Waals surface area contributed by atoms with Crippen LogP contribution in [0, 0.1) is 53.1 Å². The van der Waals surface area contributed by atoms with Crippen LogP contribution in [-0.4, -0.2) is 0 Å². The molecule has 3 saturated carbocycles. The van der Waals surface area contributed by atoms with Crippen LogP contribution in [-0.2, 0) is 12.8 Å². The number of benzene rings is 1. The Morgan fingerprint density at radius 3 is 2.09 bits per heavy atom. The number of halogens is 2. The van der Waals surface area contributed by atoms with E-state index in [4.69, 9.17) is 0 Å². The fraction of sp³-hybridized carbons (Fsp3) is 0.800. The van der Waals surface area contributed by atoms with E-state index in [9.17, 15) is 8.78 Å². The molecule has 0 nitrogen and oxygen atoms in total. The molecular weight excluding hydrogens is 398 g/mol. The molecule has 0 amide bonds. The van der Waals surface area contributed by atoms with Crippen molar-refractivity contribution in [3.05, 3.63) is 34.9 Å². The molecule has 1 aromatic carbocycles. The molecule has 5 unspecified atom stereocenters. The van der Waals surface area contributed by atoms with E-state index >= 15 is 0 Å². The molecule has 0 bridgehead atoms. The van der Waals surface area contributed by atoms with E-state index in [0.717, 1.165) is 60.3 Å². The standard InChI is InChI=1S/C30H44F2/c1-2-3-4-20-5-6-26-18-24(12-11-23(26)17-20)21-7-9-22(10-8-21)25-13-15-28-27(19-25)14-16-29(31)30(28)32/h14,16,20-26H,2-13,15,17-19H2,1H3. The van der Waals surface area contributed by atoms with Gasteiger partial charge in [-0.25, -0.2) is 8.78 Å². The molecule has 0 aromatic heterocycles. The number of hydrogen-bond acceptors (Lipinski definition) is 0. The number of unbranched alkanes of at least 4 members (excludes halogenated alkanes) is 1. The third-order valence-corrected chi connectivity index (χ3v) is 10.4. The lowest BCUT2D eigenvalue weighted by Gasteiger charge is -2.46. The second-order valence-electron chi connectivity index (χ2n) is 12.1. The van der Waals surface area contributed by atoms with Crippen LogP contribution in [0.1, 0.15) is 108 Å². The van der Waals surface area contributed by atoms with Gasteiger partial charge in [-0.3, -0.25) is 0 Å². The molecule has 1 aromatic rings. The Hall–Kier alpha value is -0.920. The zero-order chi connectivity index (χ0) is 22.1. The average molecular weight is 443 g/mol. The highest BCUT2D eigenvalue weighted by Crippen LogP contribution is 2.50. The van der Waals surface area contributed by atoms with Gasteiger partial charge in [0.15, 0.2) is 11.6 Å². The average Bonchev–Trinajstić information content (AvgIpc) is 2.84. The van der Waals surface area contributed by atoms with Crippen molar-refractivity contribution in [2.45, 2.75) is 110 Å². The normalized spacial score (nSPS) is 37.5. The van der Waals surface area contributed by atoms with Crippen molar-refractivity contribution < 1.29 is 8.78 Å². The molecule has 0 heterocycles. The van der Waals surface area contributed by atoms with Crippen molar-refractivity contribution in [2.75, 3.05) is 0 Å². The molecule has 4 aliphatic carbocycles. The van der Waals surface area contributed by atoms with E-state index in [1.165, 1.54) is 89.5 Å². The van der Waals surface area contributed by atoms with Gasteiger partial charge in [-0.1, -0.05) is 38.7 Å². The molecule has 0 saturated heterocycles. The SMILES string of the molecule is CCCCC1CCC2CC(C3CCC(C4CCc5c(ccc(F)c5F)C4)CC3)CCC2C1. The molecule has 0 spiro atoms. The Kier molecular flexibility index (Phi) is 7.24. The molecule has 5 rings (SSSR count). The van der Waals surface area contributed by atoms with Gasteiger partial charge in [-0.2, -0.15) is 0 Å². The molecule has 32 heavy (non-hydrogen) atoms. The van der Waals surface area contributed by atoms with Crippen molar-refractivity contribution in [2.24, 2.45) is 41.4 Å². The Bertz CT molecular complexity index is 762. The summed E-state index contributed by atoms with van der Waals surface area (Å²) in [6.07, 6.45) is 21.7. The predicted molar refractivity (Wildman–Crippen MR) is 129 cm³/mol. The Labute approximate surface area is 194 Å². The third-order valence-electron chi connectivity index (χ3n) is 10.4. The molecule has 5 atom stereocenters. The van der Waals surface area contributed by atoms with Gasteiger partial charge in [-0.15, -0.1) is 0 Å². The molecule has 4 aliphatic rings. The van der Waals surface area contributed by atoms with E-state index in [1.54, 1.807) is 0 Å². The lowest BCUT2D eigenvalue weighted by Crippen LogP contribution is -2.35. The highest BCUT2D eigenvalue weighted by Gasteiger charge is 2.39. The van der Waals surface area contributed by atoms with Crippen LogP contribution < -0.4 is 0 Å². The van der Waals surface area contributed by atoms with Gasteiger partial charge in [-0.05, 0) is 136 Å². The van der Waals surface area contributed by atoms with Crippen molar-refractivity contribution >= 4 is 0 Å². The maximum Gasteiger partial charge on any atom is 0.162 e. The summed E-state index contributed by atoms with van der Waals surface area (Å²) in [7, 11) is 0. The predicted octanol–water partition coefficient (Wildman–Crippen LogP) is 8.90. The maximum atomic E-state index is 14.1. The summed E-state index contributed by atoms with van der Waals surface area (Å²) in [4.78, 5) is 0. The van der Waals surface area contributed by atoms with Gasteiger partial charge >= 0.3 is 0 Å². The summed E-state index contributed by atoms with van der Waals surface area (Å²) in [5, 5.41) is 0. The molecular formula is C30H44F2. The minimum atomic E-state index is -0.674. The monoisotopic (exact) mass is 442 g/mol. The lowest BCUT2D eigenvalue weighted by molar-refractivity contribution is 0.0528. The van der Waals surface area contributed by atoms with E-state index < -0.39 is 11.6 Å². The maximum absolute atomic E-state index is 14.1. The van der Waals surface area contributed by atoms with Crippen LogP contribution in [0.3, 0.4) is 0 Å². The van der Waals surface area contributed by atoms with Crippen LogP contribution >= 0.6 is 0 Å². The van der Waals surface area contributed by atoms with Crippen LogP contribution in [0.25, 0.3) is 0 Å². The second kappa shape index (κ2) is 10.1. The summed E-state index contributed by atoms with van der Waals surface area (Å²) in [5.74, 6) is 5.31. The molecule has 0 N–H and O–H groups in total. The minimum Gasteiger partial charge on any atom is -0.204 e. The van der Waals surface area contributed by atoms with E-state index in [0.29, 0.717) is 11.5 Å². The zero-order valence-electron chi connectivity index (χ0n) is 20.3. The van der Waals surface area contributed by atoms with Crippen LogP contribution in [0.4, 0.5) is 8.78 Å². The Morgan fingerprint density at radius 1 is 0.719 bits per heavy atom. The Morgan fingerprint density at radius 2 is 1.34 bits per heavy atom. The number of fused-ring (bicyclic) bond motifs is 2. The first-order valence-electron chi connectivity index (χ1n) is 14.1. The summed E-state index contributed by atoms with van der Waals surface area (Å²) >= 11 is 0. The highest BCUT2D eigenvalue weighted by atomic mass is 19.2. The smallest absolute Gasteiger partial charge is 0.162 e. The van der Waals surface area contributed by atoms with E-state index in [-0.39, 0.29) is 0 Å². The van der Waals surface area contributed by atoms with Crippen molar-refractivity contribution in [3.63, 3.8) is 0 Å². The highest BCUT2D eigenvalue weighted by molar-refractivity contribution is 5.32. The number of hydrogen-bond donors (Lipinski definition) is 0. The first kappa shape index (κ1) is 22.9. The van der Waals surface area contributed by atoms with Crippen molar-refractivity contribution in [1.29, 1.82) is 0 Å². The lowest BCUT2D eigenvalue weighted by atomic mass is 9.60. The molecule has 3 fully saturated rings. The van der Waals surface area contributed by atoms with Crippen molar-refractivity contribution in [1.82, 2.24) is 0 Å². The van der Waals surface area contributed by atoms with Crippen LogP contribution in [0.5, 0.6) is 0 Å². The zero-order valence-corrected chi connectivity index (χ0v) is 20.3. The van der Waals surface area contributed by atoms with Crippen molar-refractivity contribution in [3.8, 4) is 0 Å².